The Kier molecular flexibility index (Phi) is 9.04. The van der Waals surface area contributed by atoms with Gasteiger partial charge >= 0.3 is 15.6 Å². The van der Waals surface area contributed by atoms with Gasteiger partial charge < -0.3 is 45.4 Å². The molecule has 8 N–H and O–H groups in total. The second-order valence-electron chi connectivity index (χ2n) is 9.49. The van der Waals surface area contributed by atoms with Crippen LogP contribution in [0.1, 0.15) is 22.8 Å². The Morgan fingerprint density at radius 2 is 1.65 bits per heavy atom. The number of hydrogen-bond donors (Lipinski definition) is 7. The van der Waals surface area contributed by atoms with Crippen molar-refractivity contribution in [3.63, 3.8) is 0 Å². The summed E-state index contributed by atoms with van der Waals surface area (Å²) in [5.74, 6) is -0.761. The largest absolute Gasteiger partial charge is 0.481 e. The second kappa shape index (κ2) is 12.3. The third kappa shape index (κ3) is 6.81. The van der Waals surface area contributed by atoms with Crippen LogP contribution in [0.4, 0.5) is 0 Å². The van der Waals surface area contributed by atoms with Gasteiger partial charge in [-0.1, -0.05) is 0 Å². The fourth-order valence-electron chi connectivity index (χ4n) is 4.49. The maximum Gasteiger partial charge on any atom is 0.481 e. The standard InChI is InChI=1S/C21H26N6O14P2/c22-18(32)10-2-1-3-26(5-10)20-16(30)14(28)12(39-20)6-37-42(33,34)41-43(35,36)38-7-13-15(29)17(31)21(40-13)27-9-25-11-4-23-8-24-19(11)27/h1-5,8-9,12-17,20-21,28-31H,6-7H2,(H3-,22,32,33,34,35,36)/p+1/t12-,13-,14-,15-,16-,17-,20-,21-/m1/s1. The van der Waals surface area contributed by atoms with Gasteiger partial charge in [0.25, 0.3) is 12.1 Å². The van der Waals surface area contributed by atoms with E-state index in [2.05, 4.69) is 23.8 Å². The van der Waals surface area contributed by atoms with Crippen molar-refractivity contribution in [2.75, 3.05) is 13.2 Å². The molecule has 2 saturated heterocycles. The average Bonchev–Trinajstić information content (AvgIpc) is 3.60. The van der Waals surface area contributed by atoms with Crippen LogP contribution in [-0.4, -0.2) is 105 Å². The summed E-state index contributed by atoms with van der Waals surface area (Å²) in [6, 6.07) is 2.84. The zero-order chi connectivity index (χ0) is 31.1. The number of ether oxygens (including phenoxy) is 2. The topological polar surface area (TPSA) is 292 Å². The van der Waals surface area contributed by atoms with Crippen molar-refractivity contribution in [3.05, 3.63) is 48.9 Å². The number of phosphoric ester groups is 2. The van der Waals surface area contributed by atoms with E-state index in [9.17, 15) is 44.1 Å². The Morgan fingerprint density at radius 1 is 1.00 bits per heavy atom. The van der Waals surface area contributed by atoms with Crippen molar-refractivity contribution in [3.8, 4) is 0 Å². The monoisotopic (exact) mass is 649 g/mol. The highest BCUT2D eigenvalue weighted by atomic mass is 31.3. The van der Waals surface area contributed by atoms with Gasteiger partial charge in [0, 0.05) is 6.07 Å². The predicted molar refractivity (Wildman–Crippen MR) is 135 cm³/mol. The maximum absolute atomic E-state index is 12.4. The van der Waals surface area contributed by atoms with E-state index in [4.69, 9.17) is 19.7 Å². The number of hydrogen-bond acceptors (Lipinski definition) is 15. The summed E-state index contributed by atoms with van der Waals surface area (Å²) in [4.78, 5) is 43.3. The number of aliphatic hydroxyl groups is 4. The molecule has 1 amide bonds. The number of carbonyl (C=O) groups is 1. The number of amides is 1. The van der Waals surface area contributed by atoms with Crippen molar-refractivity contribution in [2.24, 2.45) is 5.73 Å². The van der Waals surface area contributed by atoms with E-state index >= 15 is 0 Å². The van der Waals surface area contributed by atoms with Gasteiger partial charge in [0.05, 0.1) is 25.7 Å². The normalized spacial score (nSPS) is 32.0. The first-order valence-electron chi connectivity index (χ1n) is 12.4. The lowest BCUT2D eigenvalue weighted by molar-refractivity contribution is -0.765. The molecule has 3 aromatic rings. The highest BCUT2D eigenvalue weighted by Gasteiger charge is 2.50. The maximum atomic E-state index is 12.4. The van der Waals surface area contributed by atoms with Crippen LogP contribution in [-0.2, 0) is 32.0 Å². The number of nitrogens with zero attached hydrogens (tertiary/aromatic N) is 5. The molecule has 3 aromatic heterocycles. The smallest absolute Gasteiger partial charge is 0.387 e. The van der Waals surface area contributed by atoms with Gasteiger partial charge in [-0.05, 0) is 6.07 Å². The summed E-state index contributed by atoms with van der Waals surface area (Å²) >= 11 is 0. The molecule has 234 valence electrons. The first-order valence-corrected chi connectivity index (χ1v) is 15.4. The number of imidazole rings is 1. The van der Waals surface area contributed by atoms with Gasteiger partial charge in [0.1, 0.15) is 47.9 Å². The fourth-order valence-corrected chi connectivity index (χ4v) is 6.58. The molecule has 0 bridgehead atoms. The minimum absolute atomic E-state index is 0.0739. The highest BCUT2D eigenvalue weighted by molar-refractivity contribution is 7.61. The Morgan fingerprint density at radius 3 is 2.33 bits per heavy atom. The number of primary amides is 1. The van der Waals surface area contributed by atoms with Crippen molar-refractivity contribution < 1.29 is 71.5 Å². The summed E-state index contributed by atoms with van der Waals surface area (Å²) < 4.78 is 52.0. The van der Waals surface area contributed by atoms with E-state index in [0.29, 0.717) is 5.52 Å². The number of rotatable bonds is 11. The Hall–Kier alpha value is -2.81. The average molecular weight is 649 g/mol. The number of aliphatic hydroxyl groups excluding tert-OH is 4. The van der Waals surface area contributed by atoms with Gasteiger partial charge in [-0.15, -0.1) is 0 Å². The molecule has 20 nitrogen and oxygen atoms in total. The molecule has 0 spiro atoms. The summed E-state index contributed by atoms with van der Waals surface area (Å²) in [7, 11) is -10.7. The number of pyridine rings is 1. The van der Waals surface area contributed by atoms with Gasteiger partial charge in [-0.2, -0.15) is 8.88 Å². The molecule has 2 fully saturated rings. The number of fused-ring (bicyclic) bond motifs is 1. The van der Waals surface area contributed by atoms with E-state index in [-0.39, 0.29) is 11.2 Å². The fraction of sp³-hybridized carbons (Fsp3) is 0.476. The van der Waals surface area contributed by atoms with Crippen molar-refractivity contribution in [2.45, 2.75) is 49.1 Å². The molecular formula is C21H27N6O14P2+. The molecule has 43 heavy (non-hydrogen) atoms. The molecule has 10 atom stereocenters. The van der Waals surface area contributed by atoms with Crippen molar-refractivity contribution in [1.29, 1.82) is 0 Å². The Labute approximate surface area is 241 Å². The van der Waals surface area contributed by atoms with Gasteiger partial charge in [0.2, 0.25) is 0 Å². The summed E-state index contributed by atoms with van der Waals surface area (Å²) in [6.45, 7) is -1.76. The zero-order valence-electron chi connectivity index (χ0n) is 21.7. The molecule has 5 rings (SSSR count). The highest BCUT2D eigenvalue weighted by Crippen LogP contribution is 2.60. The van der Waals surface area contributed by atoms with Crippen LogP contribution in [0.25, 0.3) is 11.2 Å². The van der Waals surface area contributed by atoms with Crippen LogP contribution in [0.3, 0.4) is 0 Å². The Bertz CT molecular complexity index is 1580. The number of phosphoric acid groups is 2. The zero-order valence-corrected chi connectivity index (χ0v) is 23.5. The third-order valence-electron chi connectivity index (χ3n) is 6.60. The summed E-state index contributed by atoms with van der Waals surface area (Å²) in [5, 5.41) is 41.5. The van der Waals surface area contributed by atoms with Crippen molar-refractivity contribution >= 4 is 32.7 Å². The first kappa shape index (κ1) is 31.6. The molecule has 5 heterocycles. The second-order valence-corrected chi connectivity index (χ2v) is 12.5. The molecule has 2 unspecified atom stereocenters. The summed E-state index contributed by atoms with van der Waals surface area (Å²) in [6.07, 6.45) is -5.07. The molecule has 0 saturated carbocycles. The van der Waals surface area contributed by atoms with Crippen LogP contribution in [0.5, 0.6) is 0 Å². The Balaban J connectivity index is 1.15. The van der Waals surface area contributed by atoms with Crippen LogP contribution in [0.15, 0.2) is 43.4 Å². The van der Waals surface area contributed by atoms with Crippen LogP contribution < -0.4 is 10.3 Å². The summed E-state index contributed by atoms with van der Waals surface area (Å²) in [5.41, 5.74) is 5.96. The van der Waals surface area contributed by atoms with Gasteiger partial charge in [-0.3, -0.25) is 18.4 Å². The SMILES string of the molecule is NC(=O)c1ccc[n+]([C@@H]2O[C@H](COP(=O)(O)OP(=O)(O)OC[C@H]3O[C@@H](n4cnc5cncnc54)[C@H](O)[C@@H]3O)[C@@H](O)[C@H]2O)c1. The quantitative estimate of drug-likeness (QED) is 0.0827. The third-order valence-corrected chi connectivity index (χ3v) is 9.20. The minimum Gasteiger partial charge on any atom is -0.387 e. The molecule has 2 aliphatic rings. The van der Waals surface area contributed by atoms with Crippen LogP contribution >= 0.6 is 15.6 Å². The van der Waals surface area contributed by atoms with Crippen molar-refractivity contribution in [1.82, 2.24) is 19.5 Å². The van der Waals surface area contributed by atoms with Gasteiger partial charge in [-0.25, -0.2) is 24.1 Å². The molecular weight excluding hydrogens is 622 g/mol. The number of carbonyl (C=O) groups excluding carboxylic acids is 1. The van der Waals surface area contributed by atoms with E-state index in [1.54, 1.807) is 0 Å². The van der Waals surface area contributed by atoms with Crippen LogP contribution in [0.2, 0.25) is 0 Å². The van der Waals surface area contributed by atoms with E-state index in [0.717, 1.165) is 0 Å². The molecule has 22 heteroatoms. The molecule has 0 aromatic carbocycles. The molecule has 0 radical (unpaired) electrons. The minimum atomic E-state index is -5.35. The van der Waals surface area contributed by atoms with Crippen LogP contribution in [0, 0.1) is 0 Å². The van der Waals surface area contributed by atoms with E-state index in [1.165, 1.54) is 52.5 Å². The van der Waals surface area contributed by atoms with Gasteiger partial charge in [0.15, 0.2) is 30.4 Å². The number of aromatic nitrogens is 5. The predicted octanol–water partition coefficient (Wildman–Crippen LogP) is -2.60. The van der Waals surface area contributed by atoms with E-state index < -0.39 is 83.8 Å². The first-order chi connectivity index (χ1) is 20.3. The molecule has 0 aliphatic carbocycles. The van der Waals surface area contributed by atoms with E-state index in [1.807, 2.05) is 0 Å². The lowest BCUT2D eigenvalue weighted by atomic mass is 10.1. The number of nitrogens with two attached hydrogens (primary N) is 1. The lowest BCUT2D eigenvalue weighted by Crippen LogP contribution is -2.46. The molecule has 2 aliphatic heterocycles. The lowest BCUT2D eigenvalue weighted by Gasteiger charge is -2.20.